The number of carbonyl (C=O) groups excluding carboxylic acids is 2. The van der Waals surface area contributed by atoms with Crippen LogP contribution in [0.15, 0.2) is 64.0 Å². The first-order valence-corrected chi connectivity index (χ1v) is 8.75. The van der Waals surface area contributed by atoms with Crippen molar-refractivity contribution in [2.75, 3.05) is 18.6 Å². The van der Waals surface area contributed by atoms with Crippen LogP contribution in [0.4, 0.5) is 5.69 Å². The quantitative estimate of drug-likeness (QED) is 0.468. The highest BCUT2D eigenvalue weighted by molar-refractivity contribution is 8.03. The molecule has 0 atom stereocenters. The van der Waals surface area contributed by atoms with E-state index in [2.05, 4.69) is 0 Å². The van der Waals surface area contributed by atoms with Crippen molar-refractivity contribution in [1.29, 1.82) is 5.26 Å². The molecular formula is C20H16N2O3S. The first kappa shape index (κ1) is 17.8. The molecule has 0 aromatic heterocycles. The molecule has 0 amide bonds. The van der Waals surface area contributed by atoms with Gasteiger partial charge in [0.25, 0.3) is 0 Å². The van der Waals surface area contributed by atoms with E-state index in [-0.39, 0.29) is 5.57 Å². The van der Waals surface area contributed by atoms with Gasteiger partial charge in [-0.15, -0.1) is 0 Å². The Kier molecular flexibility index (Phi) is 5.10. The van der Waals surface area contributed by atoms with Crippen molar-refractivity contribution in [2.24, 2.45) is 0 Å². The Hall–Kier alpha value is -3.04. The Morgan fingerprint density at radius 3 is 2.50 bits per heavy atom. The van der Waals surface area contributed by atoms with Gasteiger partial charge in [-0.25, -0.2) is 4.79 Å². The molecule has 0 aliphatic carbocycles. The second-order valence-electron chi connectivity index (χ2n) is 5.79. The maximum atomic E-state index is 12.5. The van der Waals surface area contributed by atoms with Gasteiger partial charge in [-0.05, 0) is 31.2 Å². The summed E-state index contributed by atoms with van der Waals surface area (Å²) < 4.78 is 5.08. The lowest BCUT2D eigenvalue weighted by atomic mass is 10.1. The zero-order valence-corrected chi connectivity index (χ0v) is 15.2. The number of ether oxygens (including phenoxy) is 1. The summed E-state index contributed by atoms with van der Waals surface area (Å²) in [5.74, 6) is -1.11. The molecule has 0 bridgehead atoms. The first-order valence-electron chi connectivity index (χ1n) is 7.93. The van der Waals surface area contributed by atoms with Gasteiger partial charge in [0.1, 0.15) is 16.7 Å². The normalized spacial score (nSPS) is 14.4. The number of hydrogen-bond acceptors (Lipinski definition) is 6. The number of fused-ring (bicyclic) bond motifs is 1. The fourth-order valence-electron chi connectivity index (χ4n) is 2.53. The zero-order valence-electron chi connectivity index (χ0n) is 14.4. The summed E-state index contributed by atoms with van der Waals surface area (Å²) in [6, 6.07) is 16.5. The van der Waals surface area contributed by atoms with Crippen LogP contribution in [-0.4, -0.2) is 25.4 Å². The second-order valence-corrected chi connectivity index (χ2v) is 6.82. The molecule has 26 heavy (non-hydrogen) atoms. The summed E-state index contributed by atoms with van der Waals surface area (Å²) in [7, 11) is 1.80. The smallest absolute Gasteiger partial charge is 0.338 e. The predicted molar refractivity (Wildman–Crippen MR) is 99.8 cm³/mol. The van der Waals surface area contributed by atoms with E-state index >= 15 is 0 Å². The highest BCUT2D eigenvalue weighted by Gasteiger charge is 2.28. The number of aryl methyl sites for hydroxylation is 1. The fraction of sp³-hybridized carbons (Fsp3) is 0.150. The highest BCUT2D eigenvalue weighted by atomic mass is 32.2. The summed E-state index contributed by atoms with van der Waals surface area (Å²) in [6.07, 6.45) is 0. The molecule has 2 aromatic rings. The van der Waals surface area contributed by atoms with E-state index in [1.54, 1.807) is 36.2 Å². The van der Waals surface area contributed by atoms with E-state index in [1.165, 1.54) is 11.8 Å². The number of para-hydroxylation sites is 1. The van der Waals surface area contributed by atoms with Crippen molar-refractivity contribution in [1.82, 2.24) is 0 Å². The summed E-state index contributed by atoms with van der Waals surface area (Å²) >= 11 is 1.36. The van der Waals surface area contributed by atoms with Crippen LogP contribution < -0.4 is 4.90 Å². The number of Topliss-reactive ketones (excluding diaryl/α,β-unsaturated/α-hetero) is 1. The van der Waals surface area contributed by atoms with Gasteiger partial charge in [0.05, 0.1) is 11.3 Å². The number of carbonyl (C=O) groups is 2. The fourth-order valence-corrected chi connectivity index (χ4v) is 3.69. The molecule has 0 unspecified atom stereocenters. The van der Waals surface area contributed by atoms with Crippen LogP contribution in [0.5, 0.6) is 0 Å². The van der Waals surface area contributed by atoms with Crippen LogP contribution in [0, 0.1) is 18.3 Å². The van der Waals surface area contributed by atoms with Crippen LogP contribution in [0.25, 0.3) is 0 Å². The summed E-state index contributed by atoms with van der Waals surface area (Å²) in [6.45, 7) is 1.45. The van der Waals surface area contributed by atoms with Gasteiger partial charge in [-0.1, -0.05) is 41.6 Å². The molecule has 0 N–H and O–H groups in total. The van der Waals surface area contributed by atoms with Crippen LogP contribution >= 0.6 is 11.8 Å². The molecule has 1 aliphatic rings. The predicted octanol–water partition coefficient (Wildman–Crippen LogP) is 3.70. The number of thioether (sulfide) groups is 1. The molecule has 5 nitrogen and oxygen atoms in total. The van der Waals surface area contributed by atoms with Crippen LogP contribution in [0.3, 0.4) is 0 Å². The van der Waals surface area contributed by atoms with E-state index in [1.807, 2.05) is 37.3 Å². The molecule has 0 radical (unpaired) electrons. The topological polar surface area (TPSA) is 70.4 Å². The van der Waals surface area contributed by atoms with Gasteiger partial charge in [0.15, 0.2) is 6.61 Å². The second kappa shape index (κ2) is 7.46. The molecular weight excluding hydrogens is 348 g/mol. The third-order valence-electron chi connectivity index (χ3n) is 3.96. The number of anilines is 1. The maximum Gasteiger partial charge on any atom is 0.338 e. The number of esters is 1. The first-order chi connectivity index (χ1) is 12.5. The molecule has 0 saturated heterocycles. The van der Waals surface area contributed by atoms with Crippen LogP contribution in [0.1, 0.15) is 15.9 Å². The molecule has 130 valence electrons. The molecule has 0 spiro atoms. The van der Waals surface area contributed by atoms with Crippen molar-refractivity contribution < 1.29 is 14.3 Å². The molecule has 1 aliphatic heterocycles. The summed E-state index contributed by atoms with van der Waals surface area (Å²) in [4.78, 5) is 27.3. The minimum Gasteiger partial charge on any atom is -0.454 e. The number of rotatable bonds is 4. The standard InChI is InChI=1S/C20H16N2O3S/c1-13-7-9-14(10-8-13)20(24)25-12-17(23)15(11-21)19-22(2)16-5-3-4-6-18(16)26-19/h3-10H,12H2,1-2H3/b19-15-. The Morgan fingerprint density at radius 2 is 1.85 bits per heavy atom. The van der Waals surface area contributed by atoms with Crippen molar-refractivity contribution >= 4 is 29.2 Å². The monoisotopic (exact) mass is 364 g/mol. The van der Waals surface area contributed by atoms with Crippen molar-refractivity contribution in [3.8, 4) is 6.07 Å². The Bertz CT molecular complexity index is 942. The SMILES string of the molecule is Cc1ccc(C(=O)OCC(=O)/C(C#N)=C2\Sc3ccccc3N2C)cc1. The van der Waals surface area contributed by atoms with Gasteiger partial charge < -0.3 is 9.64 Å². The molecule has 1 heterocycles. The van der Waals surface area contributed by atoms with E-state index in [9.17, 15) is 14.9 Å². The number of hydrogen-bond donors (Lipinski definition) is 0. The Morgan fingerprint density at radius 1 is 1.15 bits per heavy atom. The number of benzene rings is 2. The minimum atomic E-state index is -0.587. The van der Waals surface area contributed by atoms with Crippen LogP contribution in [-0.2, 0) is 9.53 Å². The average molecular weight is 364 g/mol. The molecule has 6 heteroatoms. The third-order valence-corrected chi connectivity index (χ3v) is 5.20. The van der Waals surface area contributed by atoms with E-state index in [4.69, 9.17) is 4.74 Å². The number of nitrogens with zero attached hydrogens (tertiary/aromatic N) is 2. The lowest BCUT2D eigenvalue weighted by Crippen LogP contribution is -2.20. The molecule has 0 saturated carbocycles. The largest absolute Gasteiger partial charge is 0.454 e. The average Bonchev–Trinajstić information content (AvgIpc) is 2.98. The lowest BCUT2D eigenvalue weighted by molar-refractivity contribution is -0.118. The van der Waals surface area contributed by atoms with E-state index in [0.717, 1.165) is 16.1 Å². The maximum absolute atomic E-state index is 12.5. The summed E-state index contributed by atoms with van der Waals surface area (Å²) in [5.41, 5.74) is 2.32. The Balaban J connectivity index is 1.73. The van der Waals surface area contributed by atoms with Gasteiger partial charge in [-0.2, -0.15) is 5.26 Å². The molecule has 3 rings (SSSR count). The van der Waals surface area contributed by atoms with Gasteiger partial charge >= 0.3 is 5.97 Å². The van der Waals surface area contributed by atoms with E-state index in [0.29, 0.717) is 10.6 Å². The number of ketones is 1. The van der Waals surface area contributed by atoms with E-state index < -0.39 is 18.4 Å². The lowest BCUT2D eigenvalue weighted by Gasteiger charge is -2.14. The van der Waals surface area contributed by atoms with Crippen molar-refractivity contribution in [2.45, 2.75) is 11.8 Å². The number of nitriles is 1. The van der Waals surface area contributed by atoms with Gasteiger partial charge in [0, 0.05) is 11.9 Å². The highest BCUT2D eigenvalue weighted by Crippen LogP contribution is 2.46. The van der Waals surface area contributed by atoms with Gasteiger partial charge in [-0.3, -0.25) is 4.79 Å². The molecule has 2 aromatic carbocycles. The molecule has 0 fully saturated rings. The zero-order chi connectivity index (χ0) is 18.7. The van der Waals surface area contributed by atoms with Crippen LogP contribution in [0.2, 0.25) is 0 Å². The van der Waals surface area contributed by atoms with Gasteiger partial charge in [0.2, 0.25) is 5.78 Å². The summed E-state index contributed by atoms with van der Waals surface area (Å²) in [5, 5.41) is 10.0. The van der Waals surface area contributed by atoms with Crippen molar-refractivity contribution in [3.63, 3.8) is 0 Å². The minimum absolute atomic E-state index is 0.00888. The Labute approximate surface area is 155 Å². The third kappa shape index (κ3) is 3.48. The van der Waals surface area contributed by atoms with Crippen molar-refractivity contribution in [3.05, 3.63) is 70.3 Å².